The molecule has 0 spiro atoms. The zero-order chi connectivity index (χ0) is 12.0. The fraction of sp³-hybridized carbons (Fsp3) is 1.00. The molecule has 1 saturated carbocycles. The fourth-order valence-electron chi connectivity index (χ4n) is 2.96. The quantitative estimate of drug-likeness (QED) is 0.684. The molecule has 2 heteroatoms. The van der Waals surface area contributed by atoms with Crippen LogP contribution in [0.4, 0.5) is 0 Å². The second kappa shape index (κ2) is 7.29. The third-order valence-electron chi connectivity index (χ3n) is 4.19. The van der Waals surface area contributed by atoms with E-state index in [0.717, 1.165) is 5.92 Å². The molecule has 1 rings (SSSR count). The first-order chi connectivity index (χ1) is 7.72. The molecule has 1 aliphatic rings. The van der Waals surface area contributed by atoms with Gasteiger partial charge in [0.25, 0.3) is 0 Å². The van der Waals surface area contributed by atoms with Crippen LogP contribution in [0.2, 0.25) is 0 Å². The number of nitrogens with zero attached hydrogens (tertiary/aromatic N) is 1. The molecule has 1 fully saturated rings. The normalized spacial score (nSPS) is 20.8. The molecule has 0 radical (unpaired) electrons. The minimum absolute atomic E-state index is 0.667. The average Bonchev–Trinajstić information content (AvgIpc) is 2.23. The lowest BCUT2D eigenvalue weighted by Gasteiger charge is -2.38. The zero-order valence-electron chi connectivity index (χ0n) is 11.6. The van der Waals surface area contributed by atoms with E-state index in [0.29, 0.717) is 12.1 Å². The van der Waals surface area contributed by atoms with Gasteiger partial charge in [0.05, 0.1) is 0 Å². The summed E-state index contributed by atoms with van der Waals surface area (Å²) in [5, 5.41) is 3.50. The van der Waals surface area contributed by atoms with Gasteiger partial charge in [-0.05, 0) is 45.7 Å². The van der Waals surface area contributed by atoms with E-state index in [4.69, 9.17) is 0 Å². The SMILES string of the molecule is CCCC(NC)C(CC)N(C)CC1CCC1. The van der Waals surface area contributed by atoms with Crippen molar-refractivity contribution in [2.75, 3.05) is 20.6 Å². The second-order valence-electron chi connectivity index (χ2n) is 5.40. The minimum Gasteiger partial charge on any atom is -0.315 e. The number of likely N-dealkylation sites (N-methyl/N-ethyl adjacent to an activating group) is 2. The summed E-state index contributed by atoms with van der Waals surface area (Å²) in [6.07, 6.45) is 8.20. The van der Waals surface area contributed by atoms with Crippen molar-refractivity contribution in [1.82, 2.24) is 10.2 Å². The molecule has 1 aliphatic carbocycles. The van der Waals surface area contributed by atoms with Crippen molar-refractivity contribution in [3.63, 3.8) is 0 Å². The molecule has 1 N–H and O–H groups in total. The highest BCUT2D eigenvalue weighted by Crippen LogP contribution is 2.28. The first-order valence-corrected chi connectivity index (χ1v) is 7.10. The summed E-state index contributed by atoms with van der Waals surface area (Å²) in [6, 6.07) is 1.38. The highest BCUT2D eigenvalue weighted by Gasteiger charge is 2.26. The van der Waals surface area contributed by atoms with Crippen LogP contribution in [0, 0.1) is 5.92 Å². The molecule has 96 valence electrons. The highest BCUT2D eigenvalue weighted by atomic mass is 15.2. The summed E-state index contributed by atoms with van der Waals surface area (Å²) < 4.78 is 0. The Labute approximate surface area is 102 Å². The van der Waals surface area contributed by atoms with Crippen molar-refractivity contribution >= 4 is 0 Å². The molecule has 0 bridgehead atoms. The summed E-state index contributed by atoms with van der Waals surface area (Å²) >= 11 is 0. The maximum atomic E-state index is 3.50. The summed E-state index contributed by atoms with van der Waals surface area (Å²) in [5.74, 6) is 0.984. The van der Waals surface area contributed by atoms with Crippen molar-refractivity contribution in [2.45, 2.75) is 64.5 Å². The molecule has 2 unspecified atom stereocenters. The van der Waals surface area contributed by atoms with Gasteiger partial charge in [-0.25, -0.2) is 0 Å². The predicted octanol–water partition coefficient (Wildman–Crippen LogP) is 2.89. The Balaban J connectivity index is 2.42. The summed E-state index contributed by atoms with van der Waals surface area (Å²) in [7, 11) is 4.42. The second-order valence-corrected chi connectivity index (χ2v) is 5.40. The van der Waals surface area contributed by atoms with Gasteiger partial charge in [-0.1, -0.05) is 26.7 Å². The molecule has 2 nitrogen and oxygen atoms in total. The summed E-state index contributed by atoms with van der Waals surface area (Å²) in [5.41, 5.74) is 0. The molecule has 0 aromatic heterocycles. The molecule has 16 heavy (non-hydrogen) atoms. The van der Waals surface area contributed by atoms with E-state index in [1.54, 1.807) is 0 Å². The van der Waals surface area contributed by atoms with Crippen LogP contribution < -0.4 is 5.32 Å². The zero-order valence-corrected chi connectivity index (χ0v) is 11.6. The number of hydrogen-bond donors (Lipinski definition) is 1. The standard InChI is InChI=1S/C14H30N2/c1-5-8-13(15-3)14(6-2)16(4)11-12-9-7-10-12/h12-15H,5-11H2,1-4H3. The van der Waals surface area contributed by atoms with Gasteiger partial charge in [0.2, 0.25) is 0 Å². The van der Waals surface area contributed by atoms with Crippen LogP contribution in [0.5, 0.6) is 0 Å². The third kappa shape index (κ3) is 3.74. The molecule has 0 heterocycles. The Morgan fingerprint density at radius 2 is 2.00 bits per heavy atom. The van der Waals surface area contributed by atoms with E-state index in [-0.39, 0.29) is 0 Å². The molecule has 0 saturated heterocycles. The number of hydrogen-bond acceptors (Lipinski definition) is 2. The van der Waals surface area contributed by atoms with Crippen LogP contribution in [0.25, 0.3) is 0 Å². The van der Waals surface area contributed by atoms with Crippen LogP contribution in [0.1, 0.15) is 52.4 Å². The van der Waals surface area contributed by atoms with Gasteiger partial charge in [0.15, 0.2) is 0 Å². The lowest BCUT2D eigenvalue weighted by Crippen LogP contribution is -2.49. The lowest BCUT2D eigenvalue weighted by molar-refractivity contribution is 0.131. The van der Waals surface area contributed by atoms with E-state index in [9.17, 15) is 0 Å². The molecular weight excluding hydrogens is 196 g/mol. The van der Waals surface area contributed by atoms with Crippen molar-refractivity contribution < 1.29 is 0 Å². The lowest BCUT2D eigenvalue weighted by atomic mass is 9.84. The maximum absolute atomic E-state index is 3.50. The average molecular weight is 226 g/mol. The van der Waals surface area contributed by atoms with E-state index >= 15 is 0 Å². The predicted molar refractivity (Wildman–Crippen MR) is 71.8 cm³/mol. The molecule has 2 atom stereocenters. The van der Waals surface area contributed by atoms with Gasteiger partial charge in [0, 0.05) is 18.6 Å². The topological polar surface area (TPSA) is 15.3 Å². The van der Waals surface area contributed by atoms with Crippen molar-refractivity contribution in [3.8, 4) is 0 Å². The van der Waals surface area contributed by atoms with Gasteiger partial charge in [-0.15, -0.1) is 0 Å². The van der Waals surface area contributed by atoms with Crippen LogP contribution in [0.3, 0.4) is 0 Å². The maximum Gasteiger partial charge on any atom is 0.0243 e. The smallest absolute Gasteiger partial charge is 0.0243 e. The van der Waals surface area contributed by atoms with Crippen LogP contribution >= 0.6 is 0 Å². The first-order valence-electron chi connectivity index (χ1n) is 7.10. The van der Waals surface area contributed by atoms with Crippen LogP contribution in [-0.2, 0) is 0 Å². The Bertz CT molecular complexity index is 178. The molecule has 0 aromatic carbocycles. The van der Waals surface area contributed by atoms with E-state index < -0.39 is 0 Å². The Morgan fingerprint density at radius 3 is 2.38 bits per heavy atom. The van der Waals surface area contributed by atoms with Gasteiger partial charge in [-0.2, -0.15) is 0 Å². The summed E-state index contributed by atoms with van der Waals surface area (Å²) in [4.78, 5) is 2.60. The van der Waals surface area contributed by atoms with E-state index in [1.165, 1.54) is 45.1 Å². The van der Waals surface area contributed by atoms with Crippen molar-refractivity contribution in [3.05, 3.63) is 0 Å². The number of rotatable bonds is 8. The Morgan fingerprint density at radius 1 is 1.31 bits per heavy atom. The van der Waals surface area contributed by atoms with Gasteiger partial charge in [0.1, 0.15) is 0 Å². The van der Waals surface area contributed by atoms with Crippen LogP contribution in [0.15, 0.2) is 0 Å². The fourth-order valence-corrected chi connectivity index (χ4v) is 2.96. The molecule has 0 amide bonds. The van der Waals surface area contributed by atoms with Crippen molar-refractivity contribution in [1.29, 1.82) is 0 Å². The van der Waals surface area contributed by atoms with Gasteiger partial charge in [-0.3, -0.25) is 0 Å². The van der Waals surface area contributed by atoms with Crippen LogP contribution in [-0.4, -0.2) is 37.6 Å². The molecule has 0 aliphatic heterocycles. The van der Waals surface area contributed by atoms with Gasteiger partial charge < -0.3 is 10.2 Å². The Kier molecular flexibility index (Phi) is 6.37. The largest absolute Gasteiger partial charge is 0.315 e. The highest BCUT2D eigenvalue weighted by molar-refractivity contribution is 4.83. The molecular formula is C14H30N2. The number of nitrogens with one attached hydrogen (secondary N) is 1. The van der Waals surface area contributed by atoms with Gasteiger partial charge >= 0.3 is 0 Å². The van der Waals surface area contributed by atoms with E-state index in [1.807, 2.05) is 0 Å². The molecule has 0 aromatic rings. The Hall–Kier alpha value is -0.0800. The van der Waals surface area contributed by atoms with Crippen molar-refractivity contribution in [2.24, 2.45) is 5.92 Å². The minimum atomic E-state index is 0.667. The monoisotopic (exact) mass is 226 g/mol. The first kappa shape index (κ1) is 14.0. The third-order valence-corrected chi connectivity index (χ3v) is 4.19. The summed E-state index contributed by atoms with van der Waals surface area (Å²) in [6.45, 7) is 5.91. The van der Waals surface area contributed by atoms with E-state index in [2.05, 4.69) is 38.2 Å².